The number of fused-ring (bicyclic) bond motifs is 2. The second kappa shape index (κ2) is 21.5. The van der Waals surface area contributed by atoms with E-state index in [2.05, 4.69) is 21.1 Å². The molecule has 0 saturated carbocycles. The molecule has 62 heavy (non-hydrogen) atoms. The zero-order valence-corrected chi connectivity index (χ0v) is 44.4. The number of Topliss-reactive ketones (excluding diaryl/α,β-unsaturated/α-hetero) is 2. The van der Waals surface area contributed by atoms with E-state index in [1.54, 1.807) is 12.1 Å². The van der Waals surface area contributed by atoms with Crippen molar-refractivity contribution in [3.8, 4) is 22.6 Å². The van der Waals surface area contributed by atoms with Crippen molar-refractivity contribution in [2.75, 3.05) is 25.1 Å². The zero-order chi connectivity index (χ0) is 42.5. The molecule has 2 aliphatic rings. The van der Waals surface area contributed by atoms with Crippen LogP contribution >= 0.6 is 0 Å². The number of methoxy groups -OCH3 is 2. The van der Waals surface area contributed by atoms with Crippen LogP contribution in [-0.2, 0) is 50.1 Å². The van der Waals surface area contributed by atoms with Gasteiger partial charge < -0.3 is 27.7 Å². The van der Waals surface area contributed by atoms with Gasteiger partial charge in [-0.2, -0.15) is 10.2 Å². The second-order valence-electron chi connectivity index (χ2n) is 12.0. The van der Waals surface area contributed by atoms with Gasteiger partial charge in [-0.25, -0.2) is 33.7 Å². The Morgan fingerprint density at radius 3 is 1.31 bits per heavy atom. The standard InChI is InChI=1S/C34H26N4O16S4.4Na/c1-53-27-12-17(4-9-25(27)35-37-31-23-8-7-21(55(41,42)43)11-20(23)15-30(33(31)39)58(50,51)52)18-5-10-26(28(13-18)54-2)36-38-32-24-16-22(56(44,45)46)6-3-19(24)14-29(34(32)40)57(47,48)49;;;;/h3-16,35-36H,1-2H3,(H,41,42,43)(H,44,45,46)(H,47,48,49)(H,50,51,52);;;;/q;4*+1/p-4/b37-31-,38-32+;;;;. The van der Waals surface area contributed by atoms with Crippen molar-refractivity contribution in [2.45, 2.75) is 9.79 Å². The number of rotatable bonds is 11. The first-order valence-corrected chi connectivity index (χ1v) is 21.3. The predicted octanol–water partition coefficient (Wildman–Crippen LogP) is -10.2. The van der Waals surface area contributed by atoms with E-state index in [0.717, 1.165) is 42.5 Å². The summed E-state index contributed by atoms with van der Waals surface area (Å²) in [6.07, 6.45) is 1.39. The molecule has 0 atom stereocenters. The first-order valence-electron chi connectivity index (χ1n) is 15.7. The van der Waals surface area contributed by atoms with Crippen molar-refractivity contribution in [3.05, 3.63) is 105 Å². The molecule has 0 spiro atoms. The molecular formula is C34H22N4Na4O16S4. The number of hydrogen-bond donors (Lipinski definition) is 2. The van der Waals surface area contributed by atoms with E-state index in [4.69, 9.17) is 9.47 Å². The third-order valence-electron chi connectivity index (χ3n) is 8.44. The molecular weight excluding hydrogens is 941 g/mol. The van der Waals surface area contributed by atoms with E-state index >= 15 is 0 Å². The molecule has 4 aromatic carbocycles. The van der Waals surface area contributed by atoms with Crippen molar-refractivity contribution >= 4 is 87.0 Å². The van der Waals surface area contributed by atoms with Crippen LogP contribution in [0.15, 0.2) is 103 Å². The van der Waals surface area contributed by atoms with Crippen molar-refractivity contribution in [3.63, 3.8) is 0 Å². The summed E-state index contributed by atoms with van der Waals surface area (Å²) < 4.78 is 152. The summed E-state index contributed by atoms with van der Waals surface area (Å²) in [5, 5.41) is 7.96. The molecule has 302 valence electrons. The number of benzene rings is 4. The summed E-state index contributed by atoms with van der Waals surface area (Å²) >= 11 is 0. The number of carbonyl (C=O) groups is 2. The van der Waals surface area contributed by atoms with E-state index in [-0.39, 0.29) is 163 Å². The van der Waals surface area contributed by atoms with E-state index in [9.17, 15) is 61.5 Å². The smallest absolute Gasteiger partial charge is 0.744 e. The van der Waals surface area contributed by atoms with Gasteiger partial charge in [-0.05, 0) is 82.9 Å². The molecule has 4 aromatic rings. The molecule has 2 N–H and O–H groups in total. The fourth-order valence-electron chi connectivity index (χ4n) is 5.70. The van der Waals surface area contributed by atoms with Gasteiger partial charge in [0.1, 0.15) is 73.2 Å². The Hall–Kier alpha value is -2.12. The summed E-state index contributed by atoms with van der Waals surface area (Å²) in [6, 6.07) is 14.5. The average molecular weight is 963 g/mol. The van der Waals surface area contributed by atoms with E-state index in [0.29, 0.717) is 17.2 Å². The summed E-state index contributed by atoms with van der Waals surface area (Å²) in [5.41, 5.74) is 4.31. The van der Waals surface area contributed by atoms with Crippen molar-refractivity contribution in [1.29, 1.82) is 0 Å². The van der Waals surface area contributed by atoms with Crippen LogP contribution in [0.5, 0.6) is 11.5 Å². The molecule has 0 unspecified atom stereocenters. The SMILES string of the molecule is COc1cc(-c2ccc(N/N=C3/C(=O)C(S(=O)(=O)[O-])=Cc4ccc(S(=O)(=O)[O-])cc43)c(OC)c2)ccc1N/N=C1\C(=O)C(S(=O)(=O)[O-])=Cc2cc(S(=O)(=O)[O-])ccc21.[Na+].[Na+].[Na+].[Na+]. The molecule has 20 nitrogen and oxygen atoms in total. The minimum absolute atomic E-state index is 0. The maximum Gasteiger partial charge on any atom is 1.00 e. The quantitative estimate of drug-likeness (QED) is 0.0801. The predicted molar refractivity (Wildman–Crippen MR) is 199 cm³/mol. The number of allylic oxidation sites excluding steroid dienone is 2. The minimum Gasteiger partial charge on any atom is -0.744 e. The number of nitrogens with one attached hydrogen (secondary N) is 2. The Morgan fingerprint density at radius 1 is 0.484 bits per heavy atom. The first-order chi connectivity index (χ1) is 27.0. The van der Waals surface area contributed by atoms with Crippen LogP contribution in [0.4, 0.5) is 11.4 Å². The molecule has 0 bridgehead atoms. The molecule has 0 aromatic heterocycles. The summed E-state index contributed by atoms with van der Waals surface area (Å²) in [6.45, 7) is 0. The monoisotopic (exact) mass is 962 g/mol. The van der Waals surface area contributed by atoms with Gasteiger partial charge in [0.05, 0.1) is 35.4 Å². The maximum absolute atomic E-state index is 13.1. The number of ether oxygens (including phenoxy) is 2. The van der Waals surface area contributed by atoms with Crippen molar-refractivity contribution in [2.24, 2.45) is 10.2 Å². The van der Waals surface area contributed by atoms with E-state index < -0.39 is 83.1 Å². The van der Waals surface area contributed by atoms with E-state index in [1.807, 2.05) is 0 Å². The van der Waals surface area contributed by atoms with Crippen molar-refractivity contribution < 1.29 is 189 Å². The molecule has 6 rings (SSSR count). The van der Waals surface area contributed by atoms with Crippen LogP contribution in [0.25, 0.3) is 23.3 Å². The van der Waals surface area contributed by atoms with Gasteiger partial charge in [-0.1, -0.05) is 24.3 Å². The molecule has 0 amide bonds. The number of anilines is 2. The Morgan fingerprint density at radius 2 is 0.887 bits per heavy atom. The van der Waals surface area contributed by atoms with Crippen LogP contribution in [0, 0.1) is 0 Å². The summed E-state index contributed by atoms with van der Waals surface area (Å²) in [4.78, 5) is 22.3. The second-order valence-corrected chi connectivity index (χ2v) is 17.4. The Balaban J connectivity index is 0.00000331. The largest absolute Gasteiger partial charge is 1.00 e. The Bertz CT molecular complexity index is 3090. The summed E-state index contributed by atoms with van der Waals surface area (Å²) in [7, 11) is -18.1. The molecule has 28 heteroatoms. The van der Waals surface area contributed by atoms with Crippen LogP contribution in [0.1, 0.15) is 22.3 Å². The fraction of sp³-hybridized carbons (Fsp3) is 0.0588. The van der Waals surface area contributed by atoms with Gasteiger partial charge in [0.15, 0.2) is 0 Å². The molecule has 0 radical (unpaired) electrons. The molecule has 0 aliphatic heterocycles. The number of nitrogens with zero attached hydrogens (tertiary/aromatic N) is 2. The first kappa shape index (κ1) is 56.0. The average Bonchev–Trinajstić information content (AvgIpc) is 3.14. The van der Waals surface area contributed by atoms with Gasteiger partial charge in [0.2, 0.25) is 11.6 Å². The molecule has 2 aliphatic carbocycles. The number of hydrogen-bond acceptors (Lipinski definition) is 20. The third-order valence-corrected chi connectivity index (χ3v) is 11.8. The minimum atomic E-state index is -5.38. The van der Waals surface area contributed by atoms with Gasteiger partial charge in [-0.15, -0.1) is 0 Å². The van der Waals surface area contributed by atoms with Crippen LogP contribution < -0.4 is 139 Å². The topological polar surface area (TPSA) is 330 Å². The van der Waals surface area contributed by atoms with Gasteiger partial charge in [0.25, 0.3) is 0 Å². The van der Waals surface area contributed by atoms with Gasteiger partial charge in [-0.3, -0.25) is 20.4 Å². The van der Waals surface area contributed by atoms with Gasteiger partial charge in [0, 0.05) is 11.1 Å². The van der Waals surface area contributed by atoms with Crippen LogP contribution in [-0.4, -0.2) is 89.1 Å². The number of hydrazone groups is 2. The normalized spacial score (nSPS) is 14.9. The zero-order valence-electron chi connectivity index (χ0n) is 33.1. The third kappa shape index (κ3) is 12.2. The Labute approximate surface area is 442 Å². The van der Waals surface area contributed by atoms with Crippen LogP contribution in [0.3, 0.4) is 0 Å². The fourth-order valence-corrected chi connectivity index (χ4v) is 7.89. The summed E-state index contributed by atoms with van der Waals surface area (Å²) in [5.74, 6) is -2.46. The number of carbonyl (C=O) groups excluding carboxylic acids is 2. The van der Waals surface area contributed by atoms with Gasteiger partial charge >= 0.3 is 118 Å². The van der Waals surface area contributed by atoms with Crippen LogP contribution in [0.2, 0.25) is 0 Å². The maximum atomic E-state index is 13.1. The van der Waals surface area contributed by atoms with Crippen molar-refractivity contribution in [1.82, 2.24) is 0 Å². The van der Waals surface area contributed by atoms with E-state index in [1.165, 1.54) is 38.5 Å². The number of ketones is 2. The molecule has 0 saturated heterocycles. The molecule has 0 heterocycles. The Kier molecular flexibility index (Phi) is 19.4. The molecule has 0 fully saturated rings.